The summed E-state index contributed by atoms with van der Waals surface area (Å²) in [6, 6.07) is 0. The molecule has 0 radical (unpaired) electrons. The summed E-state index contributed by atoms with van der Waals surface area (Å²) in [4.78, 5) is 2.23. The van der Waals surface area contributed by atoms with Gasteiger partial charge in [-0.15, -0.1) is 0 Å². The minimum atomic E-state index is 0.686. The van der Waals surface area contributed by atoms with Gasteiger partial charge >= 0.3 is 0 Å². The molecule has 0 saturated carbocycles. The molecule has 19 heavy (non-hydrogen) atoms. The molecular weight excluding hydrogens is 240 g/mol. The van der Waals surface area contributed by atoms with Crippen molar-refractivity contribution in [3.63, 3.8) is 0 Å². The van der Waals surface area contributed by atoms with Gasteiger partial charge < -0.3 is 15.4 Å². The van der Waals surface area contributed by atoms with E-state index in [1.165, 1.54) is 22.5 Å². The molecule has 0 bridgehead atoms. The highest BCUT2D eigenvalue weighted by molar-refractivity contribution is 5.75. The van der Waals surface area contributed by atoms with Gasteiger partial charge in [-0.2, -0.15) is 5.10 Å². The normalized spacial score (nSPS) is 18.2. The maximum atomic E-state index is 6.14. The monoisotopic (exact) mass is 260 g/mol. The minimum Gasteiger partial charge on any atom is -0.397 e. The zero-order chi connectivity index (χ0) is 13.4. The van der Waals surface area contributed by atoms with Crippen molar-refractivity contribution in [2.75, 3.05) is 20.8 Å². The quantitative estimate of drug-likeness (QED) is 0.890. The molecule has 3 rings (SSSR count). The summed E-state index contributed by atoms with van der Waals surface area (Å²) >= 11 is 0. The van der Waals surface area contributed by atoms with Gasteiger partial charge in [-0.05, 0) is 18.4 Å². The van der Waals surface area contributed by atoms with Crippen LogP contribution in [0, 0.1) is 0 Å². The smallest absolute Gasteiger partial charge is 0.0659 e. The average Bonchev–Trinajstić information content (AvgIpc) is 2.79. The maximum Gasteiger partial charge on any atom is 0.0659 e. The van der Waals surface area contributed by atoms with Crippen molar-refractivity contribution in [1.82, 2.24) is 14.7 Å². The van der Waals surface area contributed by atoms with Gasteiger partial charge in [-0.1, -0.05) is 6.08 Å². The van der Waals surface area contributed by atoms with Crippen molar-refractivity contribution in [3.8, 4) is 0 Å². The highest BCUT2D eigenvalue weighted by Crippen LogP contribution is 2.38. The van der Waals surface area contributed by atoms with E-state index in [-0.39, 0.29) is 0 Å². The van der Waals surface area contributed by atoms with Crippen molar-refractivity contribution in [2.45, 2.75) is 25.9 Å². The van der Waals surface area contributed by atoms with E-state index in [1.54, 1.807) is 7.11 Å². The number of rotatable bonds is 3. The van der Waals surface area contributed by atoms with Gasteiger partial charge in [0, 0.05) is 19.7 Å². The van der Waals surface area contributed by atoms with Crippen LogP contribution in [0.4, 0.5) is 0 Å². The first-order valence-corrected chi connectivity index (χ1v) is 6.66. The van der Waals surface area contributed by atoms with Crippen molar-refractivity contribution in [3.05, 3.63) is 34.9 Å². The fourth-order valence-electron chi connectivity index (χ4n) is 2.98. The molecule has 5 heteroatoms. The molecule has 2 aliphatic rings. The first-order valence-electron chi connectivity index (χ1n) is 6.66. The number of allylic oxidation sites excluding steroid dienone is 2. The fraction of sp³-hybridized carbons (Fsp3) is 0.500. The predicted molar refractivity (Wildman–Crippen MR) is 74.0 cm³/mol. The number of ether oxygens (including phenoxy) is 1. The first-order chi connectivity index (χ1) is 9.22. The summed E-state index contributed by atoms with van der Waals surface area (Å²) in [5, 5.41) is 4.50. The Morgan fingerprint density at radius 3 is 3.11 bits per heavy atom. The summed E-state index contributed by atoms with van der Waals surface area (Å²) in [6.07, 6.45) is 6.16. The molecule has 0 spiro atoms. The van der Waals surface area contributed by atoms with Crippen molar-refractivity contribution >= 4 is 5.57 Å². The lowest BCUT2D eigenvalue weighted by Crippen LogP contribution is -2.30. The summed E-state index contributed by atoms with van der Waals surface area (Å²) < 4.78 is 7.19. The van der Waals surface area contributed by atoms with E-state index in [1.807, 2.05) is 10.9 Å². The third-order valence-electron chi connectivity index (χ3n) is 3.87. The Labute approximate surface area is 113 Å². The molecule has 2 N–H and O–H groups in total. The maximum absolute atomic E-state index is 6.14. The van der Waals surface area contributed by atoms with Gasteiger partial charge in [0.15, 0.2) is 0 Å². The molecular formula is C14H20N4O. The van der Waals surface area contributed by atoms with E-state index in [0.717, 1.165) is 31.6 Å². The van der Waals surface area contributed by atoms with Crippen LogP contribution in [0.25, 0.3) is 5.57 Å². The van der Waals surface area contributed by atoms with Crippen LogP contribution in [0.15, 0.2) is 23.7 Å². The SMILES string of the molecule is COCCn1ncc2c1CN(C)C1=C2CCC=C1N. The number of nitrogens with two attached hydrogens (primary N) is 1. The van der Waals surface area contributed by atoms with Gasteiger partial charge in [0.05, 0.1) is 43.0 Å². The first kappa shape index (κ1) is 12.3. The second kappa shape index (κ2) is 4.74. The highest BCUT2D eigenvalue weighted by Gasteiger charge is 2.28. The lowest BCUT2D eigenvalue weighted by molar-refractivity contribution is 0.181. The lowest BCUT2D eigenvalue weighted by atomic mass is 9.90. The zero-order valence-electron chi connectivity index (χ0n) is 11.5. The van der Waals surface area contributed by atoms with Crippen LogP contribution < -0.4 is 5.73 Å². The van der Waals surface area contributed by atoms with Crippen molar-refractivity contribution in [1.29, 1.82) is 0 Å². The number of methoxy groups -OCH3 is 1. The molecule has 102 valence electrons. The number of aromatic nitrogens is 2. The minimum absolute atomic E-state index is 0.686. The van der Waals surface area contributed by atoms with Crippen LogP contribution in [0.2, 0.25) is 0 Å². The molecule has 0 atom stereocenters. The Kier molecular flexibility index (Phi) is 3.06. The number of hydrogen-bond donors (Lipinski definition) is 1. The molecule has 1 aromatic heterocycles. The molecule has 5 nitrogen and oxygen atoms in total. The Balaban J connectivity index is 2.03. The molecule has 1 aromatic rings. The average molecular weight is 260 g/mol. The fourth-order valence-corrected chi connectivity index (χ4v) is 2.98. The van der Waals surface area contributed by atoms with Crippen molar-refractivity contribution < 1.29 is 4.74 Å². The Morgan fingerprint density at radius 1 is 1.47 bits per heavy atom. The molecule has 1 aliphatic heterocycles. The Morgan fingerprint density at radius 2 is 2.32 bits per heavy atom. The predicted octanol–water partition coefficient (Wildman–Crippen LogP) is 1.32. The van der Waals surface area contributed by atoms with Crippen LogP contribution in [-0.4, -0.2) is 35.4 Å². The van der Waals surface area contributed by atoms with Crippen molar-refractivity contribution in [2.24, 2.45) is 5.73 Å². The molecule has 0 unspecified atom stereocenters. The van der Waals surface area contributed by atoms with Gasteiger partial charge in [0.2, 0.25) is 0 Å². The molecule has 1 aliphatic carbocycles. The van der Waals surface area contributed by atoms with Gasteiger partial charge in [0.1, 0.15) is 0 Å². The van der Waals surface area contributed by atoms with E-state index in [9.17, 15) is 0 Å². The Bertz CT molecular complexity index is 556. The van der Waals surface area contributed by atoms with E-state index < -0.39 is 0 Å². The molecule has 0 fully saturated rings. The summed E-state index contributed by atoms with van der Waals surface area (Å²) in [5.74, 6) is 0. The number of fused-ring (bicyclic) bond motifs is 2. The largest absolute Gasteiger partial charge is 0.397 e. The second-order valence-corrected chi connectivity index (χ2v) is 5.10. The standard InChI is InChI=1S/C14H20N4O/c1-17-9-13-11(8-16-18(13)6-7-19-2)10-4-3-5-12(15)14(10)17/h5,8H,3-4,6-7,9,15H2,1-2H3. The lowest BCUT2D eigenvalue weighted by Gasteiger charge is -2.33. The van der Waals surface area contributed by atoms with Crippen LogP contribution in [0.1, 0.15) is 24.1 Å². The van der Waals surface area contributed by atoms with E-state index in [2.05, 4.69) is 23.1 Å². The number of nitrogens with zero attached hydrogens (tertiary/aromatic N) is 3. The van der Waals surface area contributed by atoms with Crippen LogP contribution in [0.3, 0.4) is 0 Å². The summed E-state index contributed by atoms with van der Waals surface area (Å²) in [5.41, 5.74) is 12.1. The summed E-state index contributed by atoms with van der Waals surface area (Å²) in [7, 11) is 3.81. The highest BCUT2D eigenvalue weighted by atomic mass is 16.5. The number of likely N-dealkylation sites (N-methyl/N-ethyl adjacent to an activating group) is 1. The topological polar surface area (TPSA) is 56.3 Å². The van der Waals surface area contributed by atoms with Gasteiger partial charge in [-0.25, -0.2) is 0 Å². The summed E-state index contributed by atoms with van der Waals surface area (Å²) in [6.45, 7) is 2.34. The van der Waals surface area contributed by atoms with Gasteiger partial charge in [-0.3, -0.25) is 4.68 Å². The molecule has 0 saturated heterocycles. The van der Waals surface area contributed by atoms with E-state index in [0.29, 0.717) is 6.61 Å². The molecule has 0 amide bonds. The molecule has 2 heterocycles. The van der Waals surface area contributed by atoms with Crippen LogP contribution in [0.5, 0.6) is 0 Å². The van der Waals surface area contributed by atoms with E-state index in [4.69, 9.17) is 10.5 Å². The van der Waals surface area contributed by atoms with E-state index >= 15 is 0 Å². The Hall–Kier alpha value is -1.75. The zero-order valence-corrected chi connectivity index (χ0v) is 11.5. The third kappa shape index (κ3) is 1.94. The third-order valence-corrected chi connectivity index (χ3v) is 3.87. The molecule has 0 aromatic carbocycles. The van der Waals surface area contributed by atoms with Crippen LogP contribution >= 0.6 is 0 Å². The van der Waals surface area contributed by atoms with Crippen LogP contribution in [-0.2, 0) is 17.8 Å². The van der Waals surface area contributed by atoms with Gasteiger partial charge in [0.25, 0.3) is 0 Å². The number of hydrogen-bond acceptors (Lipinski definition) is 4. The second-order valence-electron chi connectivity index (χ2n) is 5.10.